The number of nitrogens with zero attached hydrogens (tertiary/aromatic N) is 2. The number of carbonyl (C=O) groups is 1. The van der Waals surface area contributed by atoms with Crippen molar-refractivity contribution < 1.29 is 9.53 Å². The first-order valence-electron chi connectivity index (χ1n) is 7.10. The summed E-state index contributed by atoms with van der Waals surface area (Å²) < 4.78 is 7.38. The van der Waals surface area contributed by atoms with Gasteiger partial charge in [-0.3, -0.25) is 14.7 Å². The number of carbonyl (C=O) groups excluding carboxylic acids is 1. The summed E-state index contributed by atoms with van der Waals surface area (Å²) in [7, 11) is 0. The number of fused-ring (bicyclic) bond motifs is 1. The van der Waals surface area contributed by atoms with E-state index in [-0.39, 0.29) is 12.0 Å². The molecule has 0 radical (unpaired) electrons. The van der Waals surface area contributed by atoms with Gasteiger partial charge in [-0.25, -0.2) is 9.50 Å². The number of rotatable bonds is 4. The molecule has 118 valence electrons. The van der Waals surface area contributed by atoms with Gasteiger partial charge in [0.2, 0.25) is 0 Å². The van der Waals surface area contributed by atoms with Crippen molar-refractivity contribution in [1.29, 1.82) is 0 Å². The first-order chi connectivity index (χ1) is 11.1. The van der Waals surface area contributed by atoms with Crippen LogP contribution in [-0.2, 0) is 16.0 Å². The maximum absolute atomic E-state index is 12.2. The van der Waals surface area contributed by atoms with E-state index in [1.165, 1.54) is 10.6 Å². The molecule has 7 heteroatoms. The van der Waals surface area contributed by atoms with Crippen molar-refractivity contribution in [3.63, 3.8) is 0 Å². The third-order valence-corrected chi connectivity index (χ3v) is 4.01. The van der Waals surface area contributed by atoms with Crippen LogP contribution in [0, 0.1) is 3.57 Å². The Morgan fingerprint density at radius 3 is 2.74 bits per heavy atom. The molecule has 23 heavy (non-hydrogen) atoms. The van der Waals surface area contributed by atoms with Crippen molar-refractivity contribution in [3.8, 4) is 11.3 Å². The minimum absolute atomic E-state index is 0.0103. The van der Waals surface area contributed by atoms with Crippen LogP contribution in [0.4, 0.5) is 0 Å². The average Bonchev–Trinajstić information content (AvgIpc) is 2.92. The lowest BCUT2D eigenvalue weighted by Gasteiger charge is -2.01. The summed E-state index contributed by atoms with van der Waals surface area (Å²) in [5.41, 5.74) is 2.37. The minimum atomic E-state index is -0.392. The Kier molecular flexibility index (Phi) is 4.46. The first-order valence-corrected chi connectivity index (χ1v) is 8.18. The standard InChI is InChI=1S/C16H14IN3O3/c1-2-23-16(22)8-12-7-15(21)20-14(18-12)9-13(19-20)10-3-5-11(17)6-4-10/h3-7,9,19H,2,8H2,1H3. The molecule has 1 N–H and O–H groups in total. The van der Waals surface area contributed by atoms with Crippen molar-refractivity contribution in [1.82, 2.24) is 14.6 Å². The molecule has 2 heterocycles. The van der Waals surface area contributed by atoms with Crippen LogP contribution in [0.1, 0.15) is 12.6 Å². The fraction of sp³-hybridized carbons (Fsp3) is 0.188. The number of ether oxygens (including phenoxy) is 1. The Hall–Kier alpha value is -2.16. The molecule has 0 aliphatic rings. The number of hydrogen-bond acceptors (Lipinski definition) is 4. The van der Waals surface area contributed by atoms with E-state index in [0.29, 0.717) is 17.9 Å². The number of esters is 1. The molecule has 2 aromatic heterocycles. The molecule has 0 aliphatic heterocycles. The van der Waals surface area contributed by atoms with Crippen molar-refractivity contribution >= 4 is 34.2 Å². The molecule has 0 saturated carbocycles. The lowest BCUT2D eigenvalue weighted by Crippen LogP contribution is -2.17. The van der Waals surface area contributed by atoms with Crippen molar-refractivity contribution in [3.05, 3.63) is 56.0 Å². The minimum Gasteiger partial charge on any atom is -0.466 e. The number of H-pyrrole nitrogens is 1. The molecule has 3 aromatic rings. The van der Waals surface area contributed by atoms with Crippen LogP contribution in [0.25, 0.3) is 16.9 Å². The molecular weight excluding hydrogens is 409 g/mol. The topological polar surface area (TPSA) is 76.5 Å². The van der Waals surface area contributed by atoms with Gasteiger partial charge in [0, 0.05) is 15.7 Å². The molecule has 0 atom stereocenters. The Morgan fingerprint density at radius 1 is 1.30 bits per heavy atom. The van der Waals surface area contributed by atoms with Crippen molar-refractivity contribution in [2.75, 3.05) is 6.61 Å². The Bertz CT molecular complexity index is 912. The zero-order valence-electron chi connectivity index (χ0n) is 12.4. The molecule has 0 fully saturated rings. The van der Waals surface area contributed by atoms with Gasteiger partial charge in [0.25, 0.3) is 5.56 Å². The quantitative estimate of drug-likeness (QED) is 0.517. The molecule has 0 spiro atoms. The van der Waals surface area contributed by atoms with Gasteiger partial charge in [0.05, 0.1) is 24.4 Å². The molecule has 0 unspecified atom stereocenters. The lowest BCUT2D eigenvalue weighted by atomic mass is 10.2. The summed E-state index contributed by atoms with van der Waals surface area (Å²) in [6, 6.07) is 11.1. The summed E-state index contributed by atoms with van der Waals surface area (Å²) in [6.07, 6.45) is -0.0103. The van der Waals surface area contributed by atoms with Gasteiger partial charge < -0.3 is 4.74 Å². The van der Waals surface area contributed by atoms with Crippen molar-refractivity contribution in [2.24, 2.45) is 0 Å². The van der Waals surface area contributed by atoms with E-state index < -0.39 is 5.97 Å². The van der Waals surface area contributed by atoms with Crippen LogP contribution in [0.5, 0.6) is 0 Å². The molecular formula is C16H14IN3O3. The third kappa shape index (κ3) is 3.44. The third-order valence-electron chi connectivity index (χ3n) is 3.29. The molecule has 6 nitrogen and oxygen atoms in total. The van der Waals surface area contributed by atoms with Crippen LogP contribution < -0.4 is 5.56 Å². The number of nitrogens with one attached hydrogen (secondary N) is 1. The predicted molar refractivity (Wildman–Crippen MR) is 94.3 cm³/mol. The van der Waals surface area contributed by atoms with E-state index in [2.05, 4.69) is 32.7 Å². The first kappa shape index (κ1) is 15.7. The van der Waals surface area contributed by atoms with Gasteiger partial charge in [0.1, 0.15) is 0 Å². The maximum Gasteiger partial charge on any atom is 0.311 e. The van der Waals surface area contributed by atoms with Crippen LogP contribution in [0.15, 0.2) is 41.2 Å². The van der Waals surface area contributed by atoms with E-state index in [0.717, 1.165) is 14.8 Å². The van der Waals surface area contributed by atoms with Crippen LogP contribution in [-0.4, -0.2) is 27.2 Å². The summed E-state index contributed by atoms with van der Waals surface area (Å²) in [4.78, 5) is 28.1. The molecule has 0 saturated heterocycles. The lowest BCUT2D eigenvalue weighted by molar-refractivity contribution is -0.142. The Labute approximate surface area is 145 Å². The molecule has 0 aliphatic carbocycles. The second-order valence-electron chi connectivity index (χ2n) is 4.94. The van der Waals surface area contributed by atoms with Crippen molar-refractivity contribution in [2.45, 2.75) is 13.3 Å². The smallest absolute Gasteiger partial charge is 0.311 e. The zero-order valence-corrected chi connectivity index (χ0v) is 14.5. The van der Waals surface area contributed by atoms with E-state index in [4.69, 9.17) is 4.74 Å². The molecule has 0 amide bonds. The van der Waals surface area contributed by atoms with Crippen LogP contribution >= 0.6 is 22.6 Å². The number of halogens is 1. The number of aromatic amines is 1. The largest absolute Gasteiger partial charge is 0.466 e. The summed E-state index contributed by atoms with van der Waals surface area (Å²) in [5, 5.41) is 3.03. The van der Waals surface area contributed by atoms with Gasteiger partial charge in [0.15, 0.2) is 5.65 Å². The highest BCUT2D eigenvalue weighted by atomic mass is 127. The highest BCUT2D eigenvalue weighted by molar-refractivity contribution is 14.1. The van der Waals surface area contributed by atoms with E-state index in [1.807, 2.05) is 24.3 Å². The highest BCUT2D eigenvalue weighted by Crippen LogP contribution is 2.19. The van der Waals surface area contributed by atoms with Gasteiger partial charge in [-0.1, -0.05) is 12.1 Å². The molecule has 0 bridgehead atoms. The van der Waals surface area contributed by atoms with Crippen LogP contribution in [0.3, 0.4) is 0 Å². The SMILES string of the molecule is CCOC(=O)Cc1cc(=O)n2[nH]c(-c3ccc(I)cc3)cc2n1. The van der Waals surface area contributed by atoms with Gasteiger partial charge in [-0.2, -0.15) is 0 Å². The number of aromatic nitrogens is 3. The summed E-state index contributed by atoms with van der Waals surface area (Å²) in [5.74, 6) is -0.392. The maximum atomic E-state index is 12.2. The second-order valence-corrected chi connectivity index (χ2v) is 6.18. The summed E-state index contributed by atoms with van der Waals surface area (Å²) in [6.45, 7) is 2.05. The normalized spacial score (nSPS) is 10.9. The average molecular weight is 423 g/mol. The fourth-order valence-corrected chi connectivity index (χ4v) is 2.63. The van der Waals surface area contributed by atoms with Crippen LogP contribution in [0.2, 0.25) is 0 Å². The Morgan fingerprint density at radius 2 is 2.04 bits per heavy atom. The summed E-state index contributed by atoms with van der Waals surface area (Å²) >= 11 is 2.24. The molecule has 3 rings (SSSR count). The fourth-order valence-electron chi connectivity index (χ4n) is 2.27. The monoisotopic (exact) mass is 423 g/mol. The van der Waals surface area contributed by atoms with E-state index in [1.54, 1.807) is 13.0 Å². The molecule has 1 aromatic carbocycles. The van der Waals surface area contributed by atoms with Gasteiger partial charge in [-0.05, 0) is 47.2 Å². The number of hydrogen-bond donors (Lipinski definition) is 1. The van der Waals surface area contributed by atoms with E-state index >= 15 is 0 Å². The zero-order chi connectivity index (χ0) is 16.4. The van der Waals surface area contributed by atoms with E-state index in [9.17, 15) is 9.59 Å². The number of benzene rings is 1. The Balaban J connectivity index is 1.99. The van der Waals surface area contributed by atoms with Gasteiger partial charge in [-0.15, -0.1) is 0 Å². The van der Waals surface area contributed by atoms with Gasteiger partial charge >= 0.3 is 5.97 Å². The highest BCUT2D eigenvalue weighted by Gasteiger charge is 2.11. The predicted octanol–water partition coefficient (Wildman–Crippen LogP) is 2.40. The second kappa shape index (κ2) is 6.53.